The molecule has 9 heteroatoms. The second kappa shape index (κ2) is 9.83. The van der Waals surface area contributed by atoms with E-state index in [0.717, 1.165) is 35.0 Å². The van der Waals surface area contributed by atoms with E-state index in [2.05, 4.69) is 20.5 Å². The molecule has 0 spiro atoms. The van der Waals surface area contributed by atoms with E-state index in [9.17, 15) is 18.0 Å². The topological polar surface area (TPSA) is 67.8 Å². The zero-order chi connectivity index (χ0) is 23.3. The van der Waals surface area contributed by atoms with Gasteiger partial charge < -0.3 is 5.32 Å². The number of hydrogen-bond donors (Lipinski definition) is 1. The third-order valence-electron chi connectivity index (χ3n) is 4.59. The van der Waals surface area contributed by atoms with Crippen molar-refractivity contribution in [3.05, 3.63) is 90.5 Å². The number of alkyl halides is 3. The molecule has 33 heavy (non-hydrogen) atoms. The van der Waals surface area contributed by atoms with Crippen LogP contribution in [-0.2, 0) is 11.0 Å². The van der Waals surface area contributed by atoms with E-state index in [4.69, 9.17) is 0 Å². The third-order valence-corrected chi connectivity index (χ3v) is 5.43. The fourth-order valence-corrected chi connectivity index (χ4v) is 3.62. The van der Waals surface area contributed by atoms with Crippen molar-refractivity contribution in [1.82, 2.24) is 15.2 Å². The van der Waals surface area contributed by atoms with Gasteiger partial charge in [-0.2, -0.15) is 13.2 Å². The van der Waals surface area contributed by atoms with E-state index in [1.807, 2.05) is 60.7 Å². The van der Waals surface area contributed by atoms with Crippen LogP contribution in [0.25, 0.3) is 22.5 Å². The zero-order valence-electron chi connectivity index (χ0n) is 17.1. The van der Waals surface area contributed by atoms with Crippen LogP contribution in [0.15, 0.2) is 90.1 Å². The number of aromatic nitrogens is 3. The minimum absolute atomic E-state index is 0.0262. The van der Waals surface area contributed by atoms with Crippen LogP contribution in [-0.4, -0.2) is 26.8 Å². The molecule has 1 amide bonds. The van der Waals surface area contributed by atoms with Crippen molar-refractivity contribution in [3.63, 3.8) is 0 Å². The van der Waals surface area contributed by atoms with Crippen molar-refractivity contribution in [2.45, 2.75) is 11.3 Å². The average molecular weight is 466 g/mol. The van der Waals surface area contributed by atoms with Crippen LogP contribution in [0.1, 0.15) is 5.56 Å². The summed E-state index contributed by atoms with van der Waals surface area (Å²) in [7, 11) is 0. The Morgan fingerprint density at radius 1 is 0.788 bits per heavy atom. The lowest BCUT2D eigenvalue weighted by molar-refractivity contribution is -0.137. The van der Waals surface area contributed by atoms with Gasteiger partial charge in [-0.25, -0.2) is 4.98 Å². The lowest BCUT2D eigenvalue weighted by Gasteiger charge is -2.10. The van der Waals surface area contributed by atoms with E-state index in [0.29, 0.717) is 16.5 Å². The molecular weight excluding hydrogens is 449 g/mol. The molecule has 3 aromatic carbocycles. The molecule has 4 rings (SSSR count). The first-order chi connectivity index (χ1) is 15.9. The number of carbonyl (C=O) groups excluding carboxylic acids is 1. The monoisotopic (exact) mass is 466 g/mol. The molecule has 0 unspecified atom stereocenters. The number of amides is 1. The van der Waals surface area contributed by atoms with Gasteiger partial charge in [0.15, 0.2) is 0 Å². The fourth-order valence-electron chi connectivity index (χ4n) is 3.03. The number of nitrogens with one attached hydrogen (secondary N) is 1. The number of carbonyl (C=O) groups is 1. The first-order valence-electron chi connectivity index (χ1n) is 9.85. The minimum atomic E-state index is -4.43. The number of nitrogens with zero attached hydrogens (tertiary/aromatic N) is 3. The molecule has 0 saturated carbocycles. The number of halogens is 3. The Kier molecular flexibility index (Phi) is 6.69. The Morgan fingerprint density at radius 3 is 1.94 bits per heavy atom. The van der Waals surface area contributed by atoms with E-state index in [1.165, 1.54) is 12.1 Å². The molecule has 1 N–H and O–H groups in total. The summed E-state index contributed by atoms with van der Waals surface area (Å²) in [5.41, 5.74) is 2.50. The Bertz CT molecular complexity index is 1230. The van der Waals surface area contributed by atoms with Gasteiger partial charge in [-0.05, 0) is 24.3 Å². The van der Waals surface area contributed by atoms with Gasteiger partial charge in [0.1, 0.15) is 11.4 Å². The van der Waals surface area contributed by atoms with Crippen LogP contribution >= 0.6 is 11.8 Å². The molecule has 0 bridgehead atoms. The van der Waals surface area contributed by atoms with Crippen molar-refractivity contribution in [3.8, 4) is 22.5 Å². The second-order valence-electron chi connectivity index (χ2n) is 6.94. The third kappa shape index (κ3) is 5.75. The summed E-state index contributed by atoms with van der Waals surface area (Å²) in [6, 6.07) is 23.4. The Morgan fingerprint density at radius 2 is 1.36 bits per heavy atom. The molecule has 0 aliphatic rings. The van der Waals surface area contributed by atoms with E-state index in [-0.39, 0.29) is 11.4 Å². The maximum absolute atomic E-state index is 12.7. The molecule has 0 fully saturated rings. The van der Waals surface area contributed by atoms with Crippen molar-refractivity contribution in [2.75, 3.05) is 11.1 Å². The molecule has 0 radical (unpaired) electrons. The van der Waals surface area contributed by atoms with Gasteiger partial charge >= 0.3 is 6.18 Å². The maximum Gasteiger partial charge on any atom is 0.416 e. The van der Waals surface area contributed by atoms with Gasteiger partial charge in [-0.1, -0.05) is 72.4 Å². The van der Waals surface area contributed by atoms with Crippen LogP contribution in [0, 0.1) is 0 Å². The summed E-state index contributed by atoms with van der Waals surface area (Å²) < 4.78 is 38.0. The first-order valence-corrected chi connectivity index (χ1v) is 10.8. The highest BCUT2D eigenvalue weighted by Crippen LogP contribution is 2.31. The van der Waals surface area contributed by atoms with Gasteiger partial charge in [0.2, 0.25) is 11.1 Å². The van der Waals surface area contributed by atoms with Crippen molar-refractivity contribution in [2.24, 2.45) is 0 Å². The van der Waals surface area contributed by atoms with Crippen LogP contribution in [0.5, 0.6) is 0 Å². The SMILES string of the molecule is O=C(CSc1nnc(-c2ccccc2)c(-c2ccccc2)n1)Nc1ccc(C(F)(F)F)cc1. The maximum atomic E-state index is 12.7. The normalized spacial score (nSPS) is 11.2. The molecule has 0 aliphatic carbocycles. The molecule has 1 aromatic heterocycles. The summed E-state index contributed by atoms with van der Waals surface area (Å²) in [6.45, 7) is 0. The van der Waals surface area contributed by atoms with Crippen LogP contribution in [0.2, 0.25) is 0 Å². The quantitative estimate of drug-likeness (QED) is 0.356. The number of rotatable bonds is 6. The largest absolute Gasteiger partial charge is 0.416 e. The van der Waals surface area contributed by atoms with Crippen molar-refractivity contribution in [1.29, 1.82) is 0 Å². The predicted octanol–water partition coefficient (Wildman–Crippen LogP) is 5.96. The summed E-state index contributed by atoms with van der Waals surface area (Å²) in [6.07, 6.45) is -4.43. The van der Waals surface area contributed by atoms with Crippen LogP contribution < -0.4 is 5.32 Å². The highest BCUT2D eigenvalue weighted by molar-refractivity contribution is 7.99. The average Bonchev–Trinajstić information content (AvgIpc) is 2.83. The Labute approximate surface area is 192 Å². The van der Waals surface area contributed by atoms with Crippen molar-refractivity contribution < 1.29 is 18.0 Å². The standard InChI is InChI=1S/C24H17F3N4OS/c25-24(26,27)18-11-13-19(14-12-18)28-20(32)15-33-23-29-21(16-7-3-1-4-8-16)22(30-31-23)17-9-5-2-6-10-17/h1-14H,15H2,(H,28,32). The van der Waals surface area contributed by atoms with Crippen LogP contribution in [0.3, 0.4) is 0 Å². The molecule has 166 valence electrons. The van der Waals surface area contributed by atoms with Gasteiger partial charge in [0, 0.05) is 16.8 Å². The highest BCUT2D eigenvalue weighted by Gasteiger charge is 2.30. The zero-order valence-corrected chi connectivity index (χ0v) is 17.9. The van der Waals surface area contributed by atoms with Gasteiger partial charge in [0.25, 0.3) is 0 Å². The molecule has 1 heterocycles. The molecule has 5 nitrogen and oxygen atoms in total. The summed E-state index contributed by atoms with van der Waals surface area (Å²) in [5, 5.41) is 11.4. The van der Waals surface area contributed by atoms with E-state index in [1.54, 1.807) is 0 Å². The smallest absolute Gasteiger partial charge is 0.325 e. The molecular formula is C24H17F3N4OS. The highest BCUT2D eigenvalue weighted by atomic mass is 32.2. The van der Waals surface area contributed by atoms with Gasteiger partial charge in [-0.3, -0.25) is 4.79 Å². The first kappa shape index (κ1) is 22.5. The van der Waals surface area contributed by atoms with Gasteiger partial charge in [0.05, 0.1) is 11.3 Å². The molecule has 0 atom stereocenters. The summed E-state index contributed by atoms with van der Waals surface area (Å²) >= 11 is 1.09. The molecule has 0 saturated heterocycles. The Hall–Kier alpha value is -3.72. The molecule has 4 aromatic rings. The summed E-state index contributed by atoms with van der Waals surface area (Å²) in [5.74, 6) is -0.418. The van der Waals surface area contributed by atoms with Gasteiger partial charge in [-0.15, -0.1) is 10.2 Å². The number of hydrogen-bond acceptors (Lipinski definition) is 5. The number of thioether (sulfide) groups is 1. The Balaban J connectivity index is 1.49. The minimum Gasteiger partial charge on any atom is -0.325 e. The van der Waals surface area contributed by atoms with E-state index >= 15 is 0 Å². The van der Waals surface area contributed by atoms with E-state index < -0.39 is 17.6 Å². The molecule has 0 aliphatic heterocycles. The lowest BCUT2D eigenvalue weighted by atomic mass is 10.0. The number of anilines is 1. The predicted molar refractivity (Wildman–Crippen MR) is 121 cm³/mol. The van der Waals surface area contributed by atoms with Crippen LogP contribution in [0.4, 0.5) is 18.9 Å². The summed E-state index contributed by atoms with van der Waals surface area (Å²) in [4.78, 5) is 16.9. The fraction of sp³-hybridized carbons (Fsp3) is 0.0833. The lowest BCUT2D eigenvalue weighted by Crippen LogP contribution is -2.15. The number of benzene rings is 3. The van der Waals surface area contributed by atoms with Crippen molar-refractivity contribution >= 4 is 23.4 Å². The second-order valence-corrected chi connectivity index (χ2v) is 7.88.